The molecule has 1 nitrogen and oxygen atoms in total. The van der Waals surface area contributed by atoms with Crippen LogP contribution in [0.3, 0.4) is 0 Å². The van der Waals surface area contributed by atoms with E-state index >= 15 is 0 Å². The Morgan fingerprint density at radius 2 is 1.20 bits per heavy atom. The van der Waals surface area contributed by atoms with E-state index in [2.05, 4.69) is 36.5 Å². The monoisotopic (exact) mass is 647 g/mol. The molecule has 0 saturated heterocycles. The SMILES string of the molecule is CCCC[PH+](C12CC3CC(CC(C3)C1)C2)C12CC3CC(CC(C3)C1)C2.CNc1ccccc1-c1[c-]cccc1.[Pd+2]. The second-order valence-electron chi connectivity index (χ2n) is 15.0. The third-order valence-corrected chi connectivity index (χ3v) is 17.0. The molecule has 1 N–H and O–H groups in total. The Morgan fingerprint density at radius 1 is 0.725 bits per heavy atom. The van der Waals surface area contributed by atoms with Gasteiger partial charge >= 0.3 is 20.4 Å². The first kappa shape index (κ1) is 29.4. The van der Waals surface area contributed by atoms with Crippen molar-refractivity contribution >= 4 is 13.6 Å². The molecule has 10 rings (SSSR count). The summed E-state index contributed by atoms with van der Waals surface area (Å²) < 4.78 is 0. The first-order valence-corrected chi connectivity index (χ1v) is 18.4. The summed E-state index contributed by atoms with van der Waals surface area (Å²) in [7, 11) is 1.74. The van der Waals surface area contributed by atoms with E-state index < -0.39 is 0 Å². The van der Waals surface area contributed by atoms with Gasteiger partial charge in [0.05, 0.1) is 16.5 Å². The third-order valence-electron chi connectivity index (χ3n) is 12.3. The van der Waals surface area contributed by atoms with E-state index in [0.717, 1.165) is 21.6 Å². The van der Waals surface area contributed by atoms with Gasteiger partial charge in [-0.2, -0.15) is 0 Å². The second-order valence-corrected chi connectivity index (χ2v) is 18.6. The molecule has 2 aromatic rings. The van der Waals surface area contributed by atoms with Crippen LogP contribution in [0.5, 0.6) is 0 Å². The van der Waals surface area contributed by atoms with Crippen LogP contribution in [0.4, 0.5) is 5.69 Å². The second kappa shape index (κ2) is 12.1. The van der Waals surface area contributed by atoms with Crippen LogP contribution in [0.1, 0.15) is 96.8 Å². The zero-order chi connectivity index (χ0) is 26.5. The van der Waals surface area contributed by atoms with Crippen LogP contribution in [-0.2, 0) is 20.4 Å². The van der Waals surface area contributed by atoms with Crippen molar-refractivity contribution in [2.75, 3.05) is 18.5 Å². The maximum atomic E-state index is 3.22. The summed E-state index contributed by atoms with van der Waals surface area (Å²) >= 11 is 0. The Hall–Kier alpha value is -0.668. The molecular weight excluding hydrogens is 596 g/mol. The van der Waals surface area contributed by atoms with Gasteiger partial charge in [-0.3, -0.25) is 0 Å². The number of hydrogen-bond acceptors (Lipinski definition) is 1. The number of rotatable bonds is 7. The van der Waals surface area contributed by atoms with Gasteiger partial charge in [-0.05, 0) is 131 Å². The van der Waals surface area contributed by atoms with Gasteiger partial charge in [0, 0.05) is 15.0 Å². The maximum Gasteiger partial charge on any atom is 2.00 e. The molecule has 0 aromatic heterocycles. The van der Waals surface area contributed by atoms with Gasteiger partial charge in [0.15, 0.2) is 0 Å². The van der Waals surface area contributed by atoms with Crippen LogP contribution in [0, 0.1) is 41.6 Å². The van der Waals surface area contributed by atoms with E-state index in [1.165, 1.54) is 47.5 Å². The molecule has 8 fully saturated rings. The quantitative estimate of drug-likeness (QED) is 0.179. The standard InChI is InChI=1S/C24H39P.C13H12N.Pd/c1-2-3-4-25(23-11-17-5-18(12-23)7-19(6-17)13-23)24-14-20-8-21(15-24)10-22(9-20)16-24;1-14-13-10-6-5-9-12(13)11-7-3-2-4-8-11;/h17-22H,2-16H2,1H3;2-7,9-10,14H,1H3;/q;-1;+2/p+1. The van der Waals surface area contributed by atoms with Gasteiger partial charge in [-0.15, -0.1) is 35.9 Å². The minimum Gasteiger partial charge on any atom is -0.395 e. The number of nitrogens with one attached hydrogen (secondary N) is 1. The molecule has 0 heterocycles. The topological polar surface area (TPSA) is 12.0 Å². The summed E-state index contributed by atoms with van der Waals surface area (Å²) in [5.74, 6) is 7.01. The predicted molar refractivity (Wildman–Crippen MR) is 170 cm³/mol. The van der Waals surface area contributed by atoms with Crippen molar-refractivity contribution in [2.24, 2.45) is 35.5 Å². The Morgan fingerprint density at radius 3 is 1.62 bits per heavy atom. The molecule has 8 saturated carbocycles. The molecule has 40 heavy (non-hydrogen) atoms. The zero-order valence-corrected chi connectivity index (χ0v) is 27.6. The molecule has 8 aliphatic carbocycles. The van der Waals surface area contributed by atoms with Gasteiger partial charge in [-0.1, -0.05) is 37.1 Å². The van der Waals surface area contributed by atoms with Crippen molar-refractivity contribution in [1.82, 2.24) is 0 Å². The fourth-order valence-electron chi connectivity index (χ4n) is 11.9. The van der Waals surface area contributed by atoms with Crippen molar-refractivity contribution in [3.05, 3.63) is 54.6 Å². The summed E-state index contributed by atoms with van der Waals surface area (Å²) in [6.07, 6.45) is 24.8. The van der Waals surface area contributed by atoms with Crippen LogP contribution in [0.2, 0.25) is 0 Å². The van der Waals surface area contributed by atoms with E-state index in [1.54, 1.807) is 89.6 Å². The molecule has 0 amide bonds. The van der Waals surface area contributed by atoms with Crippen molar-refractivity contribution in [2.45, 2.75) is 107 Å². The molecule has 8 aliphatic rings. The Bertz CT molecular complexity index is 1010. The van der Waals surface area contributed by atoms with Crippen LogP contribution in [-0.4, -0.2) is 23.5 Å². The summed E-state index contributed by atoms with van der Waals surface area (Å²) in [6.45, 7) is 2.46. The Balaban J connectivity index is 0.000000166. The fourth-order valence-corrected chi connectivity index (χ4v) is 18.0. The number of anilines is 1. The fraction of sp³-hybridized carbons (Fsp3) is 0.676. The molecule has 0 radical (unpaired) electrons. The summed E-state index contributed by atoms with van der Waals surface area (Å²) in [5.41, 5.74) is 3.45. The summed E-state index contributed by atoms with van der Waals surface area (Å²) in [6, 6.07) is 19.4. The smallest absolute Gasteiger partial charge is 0.395 e. The van der Waals surface area contributed by atoms with E-state index in [-0.39, 0.29) is 28.3 Å². The molecule has 2 aromatic carbocycles. The Kier molecular flexibility index (Phi) is 8.93. The molecule has 0 atom stereocenters. The van der Waals surface area contributed by atoms with E-state index in [9.17, 15) is 0 Å². The third kappa shape index (κ3) is 5.54. The van der Waals surface area contributed by atoms with Crippen LogP contribution in [0.15, 0.2) is 48.5 Å². The van der Waals surface area contributed by atoms with E-state index in [4.69, 9.17) is 0 Å². The van der Waals surface area contributed by atoms with Gasteiger partial charge < -0.3 is 5.32 Å². The molecule has 0 unspecified atom stereocenters. The van der Waals surface area contributed by atoms with Gasteiger partial charge in [0.25, 0.3) is 0 Å². The first-order valence-electron chi connectivity index (χ1n) is 16.7. The van der Waals surface area contributed by atoms with Crippen molar-refractivity contribution in [3.63, 3.8) is 0 Å². The van der Waals surface area contributed by atoms with Crippen LogP contribution in [0.25, 0.3) is 11.1 Å². The van der Waals surface area contributed by atoms with E-state index in [1.807, 2.05) is 37.4 Å². The van der Waals surface area contributed by atoms with Gasteiger partial charge in [0.2, 0.25) is 0 Å². The molecule has 0 aliphatic heterocycles. The van der Waals surface area contributed by atoms with Crippen LogP contribution >= 0.6 is 7.92 Å². The molecular formula is C37H52NPPd+2. The van der Waals surface area contributed by atoms with Crippen molar-refractivity contribution in [3.8, 4) is 11.1 Å². The van der Waals surface area contributed by atoms with Gasteiger partial charge in [-0.25, -0.2) is 0 Å². The maximum absolute atomic E-state index is 3.22. The first-order chi connectivity index (χ1) is 19.1. The molecule has 218 valence electrons. The minimum absolute atomic E-state index is 0. The number of benzene rings is 2. The number of unbranched alkanes of at least 4 members (excludes halogenated alkanes) is 1. The predicted octanol–water partition coefficient (Wildman–Crippen LogP) is 10.1. The number of para-hydroxylation sites is 1. The minimum atomic E-state index is -0.196. The average molecular weight is 648 g/mol. The normalized spacial score (nSPS) is 38.8. The molecule has 8 bridgehead atoms. The van der Waals surface area contributed by atoms with E-state index in [0.29, 0.717) is 0 Å². The van der Waals surface area contributed by atoms with Crippen molar-refractivity contribution in [1.29, 1.82) is 0 Å². The van der Waals surface area contributed by atoms with Crippen molar-refractivity contribution < 1.29 is 20.4 Å². The zero-order valence-electron chi connectivity index (χ0n) is 25.0. The van der Waals surface area contributed by atoms with Crippen LogP contribution < -0.4 is 5.32 Å². The number of hydrogen-bond donors (Lipinski definition) is 1. The average Bonchev–Trinajstić information content (AvgIpc) is 2.92. The largest absolute Gasteiger partial charge is 2.00 e. The summed E-state index contributed by atoms with van der Waals surface area (Å²) in [4.78, 5) is 0. The summed E-state index contributed by atoms with van der Waals surface area (Å²) in [5, 5.41) is 5.01. The Labute approximate surface area is 259 Å². The van der Waals surface area contributed by atoms with Gasteiger partial charge in [0.1, 0.15) is 0 Å². The molecule has 3 heteroatoms. The molecule has 0 spiro atoms.